The smallest absolute Gasteiger partial charge is 0.253 e. The van der Waals surface area contributed by atoms with E-state index < -0.39 is 29.1 Å². The number of benzene rings is 1. The first-order valence-electron chi connectivity index (χ1n) is 13.9. The summed E-state index contributed by atoms with van der Waals surface area (Å²) in [4.78, 5) is 47.7. The van der Waals surface area contributed by atoms with Gasteiger partial charge in [-0.05, 0) is 63.3 Å². The van der Waals surface area contributed by atoms with Crippen molar-refractivity contribution in [1.29, 1.82) is 0 Å². The molecule has 0 saturated carbocycles. The summed E-state index contributed by atoms with van der Waals surface area (Å²) in [5.74, 6) is -2.06. The van der Waals surface area contributed by atoms with Crippen molar-refractivity contribution in [3.63, 3.8) is 0 Å². The molecule has 0 radical (unpaired) electrons. The summed E-state index contributed by atoms with van der Waals surface area (Å²) in [6.45, 7) is 13.0. The highest BCUT2D eigenvalue weighted by Crippen LogP contribution is 2.63. The van der Waals surface area contributed by atoms with E-state index in [2.05, 4.69) is 13.2 Å². The predicted octanol–water partition coefficient (Wildman–Crippen LogP) is 3.82. The van der Waals surface area contributed by atoms with E-state index in [9.17, 15) is 19.5 Å². The third-order valence-corrected chi connectivity index (χ3v) is 8.71. The number of anilines is 1. The van der Waals surface area contributed by atoms with E-state index in [0.717, 1.165) is 6.42 Å². The van der Waals surface area contributed by atoms with Crippen molar-refractivity contribution in [2.45, 2.75) is 63.2 Å². The average molecular weight is 558 g/mol. The number of aliphatic hydroxyl groups is 1. The number of unbranched alkanes of at least 4 members (excludes halogenated alkanes) is 1. The van der Waals surface area contributed by atoms with Gasteiger partial charge in [0.1, 0.15) is 11.6 Å². The Labute approximate surface area is 236 Å². The molecule has 0 aliphatic carbocycles. The molecule has 3 fully saturated rings. The van der Waals surface area contributed by atoms with Gasteiger partial charge in [-0.25, -0.2) is 0 Å². The Morgan fingerprint density at radius 1 is 1.15 bits per heavy atom. The summed E-state index contributed by atoms with van der Waals surface area (Å²) in [6, 6.07) is 6.07. The van der Waals surface area contributed by atoms with Crippen LogP contribution in [0, 0.1) is 11.8 Å². The fourth-order valence-corrected chi connectivity index (χ4v) is 6.98. The van der Waals surface area contributed by atoms with E-state index in [1.807, 2.05) is 13.8 Å². The van der Waals surface area contributed by atoms with Gasteiger partial charge in [-0.1, -0.05) is 30.7 Å². The number of ether oxygens (including phenoxy) is 1. The molecule has 1 aromatic rings. The molecule has 1 aromatic carbocycles. The number of hydrogen-bond acceptors (Lipinski definition) is 5. The second kappa shape index (κ2) is 11.8. The number of carbonyl (C=O) groups excluding carboxylic acids is 3. The van der Waals surface area contributed by atoms with Crippen LogP contribution in [0.2, 0.25) is 5.02 Å². The highest BCUT2D eigenvalue weighted by molar-refractivity contribution is 6.30. The lowest BCUT2D eigenvalue weighted by atomic mass is 9.66. The van der Waals surface area contributed by atoms with E-state index in [0.29, 0.717) is 56.0 Å². The maximum absolute atomic E-state index is 14.5. The number of likely N-dealkylation sites (tertiary alicyclic amines) is 1. The molecule has 4 rings (SSSR count). The van der Waals surface area contributed by atoms with Crippen LogP contribution in [-0.2, 0) is 19.1 Å². The van der Waals surface area contributed by atoms with Gasteiger partial charge in [0, 0.05) is 43.5 Å². The van der Waals surface area contributed by atoms with Crippen molar-refractivity contribution >= 4 is 35.0 Å². The van der Waals surface area contributed by atoms with E-state index in [1.165, 1.54) is 0 Å². The van der Waals surface area contributed by atoms with Crippen molar-refractivity contribution < 1.29 is 24.2 Å². The Bertz CT molecular complexity index is 1110. The number of nitrogens with zero attached hydrogens (tertiary/aromatic N) is 3. The highest BCUT2D eigenvalue weighted by Gasteiger charge is 2.78. The minimum Gasteiger partial charge on any atom is -0.396 e. The minimum absolute atomic E-state index is 0.00814. The zero-order valence-electron chi connectivity index (χ0n) is 23.0. The number of fused-ring (bicyclic) bond motifs is 1. The van der Waals surface area contributed by atoms with Crippen LogP contribution in [0.15, 0.2) is 49.6 Å². The van der Waals surface area contributed by atoms with Crippen LogP contribution in [-0.4, -0.2) is 82.7 Å². The highest BCUT2D eigenvalue weighted by atomic mass is 35.5. The van der Waals surface area contributed by atoms with E-state index in [-0.39, 0.29) is 30.9 Å². The molecule has 3 heterocycles. The van der Waals surface area contributed by atoms with Crippen molar-refractivity contribution in [3.05, 3.63) is 54.6 Å². The fourth-order valence-electron chi connectivity index (χ4n) is 6.85. The first kappa shape index (κ1) is 29.3. The van der Waals surface area contributed by atoms with E-state index >= 15 is 0 Å². The SMILES string of the molecule is C=CCN(CCC)C(=O)[C@H]1[C@H]2C(=O)N(CCCCO)C(C(=O)N(CC=C)c3ccc(Cl)cc3)C23CC[C@]1(C)O3. The zero-order chi connectivity index (χ0) is 28.4. The van der Waals surface area contributed by atoms with Crippen molar-refractivity contribution in [2.24, 2.45) is 11.8 Å². The van der Waals surface area contributed by atoms with Gasteiger partial charge in [-0.3, -0.25) is 14.4 Å². The van der Waals surface area contributed by atoms with Crippen LogP contribution in [0.25, 0.3) is 0 Å². The number of carbonyl (C=O) groups is 3. The number of halogens is 1. The normalized spacial score (nSPS) is 28.9. The Kier molecular flexibility index (Phi) is 8.88. The third-order valence-electron chi connectivity index (χ3n) is 8.45. The van der Waals surface area contributed by atoms with Gasteiger partial charge >= 0.3 is 0 Å². The molecule has 3 aliphatic heterocycles. The van der Waals surface area contributed by atoms with Crippen LogP contribution in [0.5, 0.6) is 0 Å². The predicted molar refractivity (Wildman–Crippen MR) is 151 cm³/mol. The quantitative estimate of drug-likeness (QED) is 0.294. The van der Waals surface area contributed by atoms with Gasteiger partial charge in [0.15, 0.2) is 0 Å². The molecule has 2 unspecified atom stereocenters. The molecule has 1 spiro atoms. The van der Waals surface area contributed by atoms with Gasteiger partial charge < -0.3 is 24.5 Å². The summed E-state index contributed by atoms with van der Waals surface area (Å²) in [7, 11) is 0. The second-order valence-electron chi connectivity index (χ2n) is 11.0. The summed E-state index contributed by atoms with van der Waals surface area (Å²) in [5.41, 5.74) is -1.32. The molecule has 9 heteroatoms. The molecule has 3 amide bonds. The number of hydrogen-bond donors (Lipinski definition) is 1. The van der Waals surface area contributed by atoms with Gasteiger partial charge in [0.2, 0.25) is 11.8 Å². The van der Waals surface area contributed by atoms with Crippen LogP contribution in [0.3, 0.4) is 0 Å². The lowest BCUT2D eigenvalue weighted by Crippen LogP contribution is -2.56. The topological polar surface area (TPSA) is 90.4 Å². The second-order valence-corrected chi connectivity index (χ2v) is 11.4. The Morgan fingerprint density at radius 2 is 1.85 bits per heavy atom. The first-order valence-corrected chi connectivity index (χ1v) is 14.3. The molecule has 1 N–H and O–H groups in total. The van der Waals surface area contributed by atoms with Crippen LogP contribution in [0.1, 0.15) is 46.0 Å². The van der Waals surface area contributed by atoms with Crippen molar-refractivity contribution in [3.8, 4) is 0 Å². The summed E-state index contributed by atoms with van der Waals surface area (Å²) >= 11 is 6.11. The molecule has 3 aliphatic rings. The lowest BCUT2D eigenvalue weighted by Gasteiger charge is -2.37. The molecule has 3 saturated heterocycles. The Balaban J connectivity index is 1.78. The molecule has 2 bridgehead atoms. The molecule has 212 valence electrons. The van der Waals surface area contributed by atoms with Gasteiger partial charge in [0.25, 0.3) is 5.91 Å². The van der Waals surface area contributed by atoms with Crippen LogP contribution in [0.4, 0.5) is 5.69 Å². The number of aliphatic hydroxyl groups excluding tert-OH is 1. The molecular weight excluding hydrogens is 518 g/mol. The molecular formula is C30H40ClN3O5. The summed E-state index contributed by atoms with van der Waals surface area (Å²) < 4.78 is 6.76. The summed E-state index contributed by atoms with van der Waals surface area (Å²) in [6.07, 6.45) is 6.24. The number of amides is 3. The van der Waals surface area contributed by atoms with Gasteiger partial charge in [-0.15, -0.1) is 13.2 Å². The van der Waals surface area contributed by atoms with E-state index in [1.54, 1.807) is 51.1 Å². The van der Waals surface area contributed by atoms with Gasteiger partial charge in [-0.2, -0.15) is 0 Å². The fraction of sp³-hybridized carbons (Fsp3) is 0.567. The van der Waals surface area contributed by atoms with Crippen LogP contribution >= 0.6 is 11.6 Å². The first-order chi connectivity index (χ1) is 18.7. The zero-order valence-corrected chi connectivity index (χ0v) is 23.7. The Morgan fingerprint density at radius 3 is 2.46 bits per heavy atom. The molecule has 8 nitrogen and oxygen atoms in total. The Hall–Kier alpha value is -2.68. The standard InChI is InChI=1S/C30H40ClN3O5/c1-5-16-32(17-6-2)26(36)23-24-27(37)34(19-8-9-20-35)25(30(24)15-14-29(23,4)39-30)28(38)33(18-7-3)22-12-10-21(31)11-13-22/h5,7,10-13,23-25,35H,1,3,6,8-9,14-20H2,2,4H3/t23-,24+,25?,29+,30?/m1/s1. The number of rotatable bonds is 13. The maximum atomic E-state index is 14.5. The third kappa shape index (κ3) is 5.03. The largest absolute Gasteiger partial charge is 0.396 e. The molecule has 39 heavy (non-hydrogen) atoms. The van der Waals surface area contributed by atoms with Crippen molar-refractivity contribution in [1.82, 2.24) is 9.80 Å². The summed E-state index contributed by atoms with van der Waals surface area (Å²) in [5, 5.41) is 9.95. The van der Waals surface area contributed by atoms with Crippen molar-refractivity contribution in [2.75, 3.05) is 37.7 Å². The monoisotopic (exact) mass is 557 g/mol. The average Bonchev–Trinajstić information content (AvgIpc) is 3.48. The maximum Gasteiger partial charge on any atom is 0.253 e. The molecule has 5 atom stereocenters. The lowest BCUT2D eigenvalue weighted by molar-refractivity contribution is -0.149. The molecule has 0 aromatic heterocycles. The van der Waals surface area contributed by atoms with Gasteiger partial charge in [0.05, 0.1) is 17.4 Å². The minimum atomic E-state index is -1.11. The van der Waals surface area contributed by atoms with Crippen LogP contribution < -0.4 is 4.90 Å². The van der Waals surface area contributed by atoms with E-state index in [4.69, 9.17) is 16.3 Å².